The predicted molar refractivity (Wildman–Crippen MR) is 75.8 cm³/mol. The summed E-state index contributed by atoms with van der Waals surface area (Å²) in [4.78, 5) is 37.2. The molecule has 120 valence electrons. The molecule has 1 aliphatic rings. The monoisotopic (exact) mass is 300 g/mol. The summed E-state index contributed by atoms with van der Waals surface area (Å²) in [6.45, 7) is 6.56. The van der Waals surface area contributed by atoms with Gasteiger partial charge in [0, 0.05) is 33.1 Å². The first-order valence-electron chi connectivity index (χ1n) is 7.05. The second-order valence-corrected chi connectivity index (χ2v) is 6.33. The van der Waals surface area contributed by atoms with Crippen molar-refractivity contribution in [3.05, 3.63) is 0 Å². The average molecular weight is 300 g/mol. The summed E-state index contributed by atoms with van der Waals surface area (Å²) in [5.74, 6) is -1.68. The van der Waals surface area contributed by atoms with E-state index in [1.165, 1.54) is 4.90 Å². The van der Waals surface area contributed by atoms with E-state index in [2.05, 4.69) is 0 Å². The zero-order chi connectivity index (χ0) is 16.2. The summed E-state index contributed by atoms with van der Waals surface area (Å²) in [6.07, 6.45) is 0.254. The molecule has 0 aromatic carbocycles. The van der Waals surface area contributed by atoms with Crippen molar-refractivity contribution >= 4 is 18.0 Å². The number of carbonyl (C=O) groups is 3. The van der Waals surface area contributed by atoms with Crippen LogP contribution < -0.4 is 0 Å². The van der Waals surface area contributed by atoms with E-state index >= 15 is 0 Å². The van der Waals surface area contributed by atoms with Crippen molar-refractivity contribution in [2.45, 2.75) is 39.2 Å². The second kappa shape index (κ2) is 6.78. The Morgan fingerprint density at radius 2 is 2.05 bits per heavy atom. The Morgan fingerprint density at radius 1 is 1.43 bits per heavy atom. The molecule has 7 heteroatoms. The Hall–Kier alpha value is -1.79. The van der Waals surface area contributed by atoms with Gasteiger partial charge in [-0.25, -0.2) is 4.79 Å². The van der Waals surface area contributed by atoms with Crippen molar-refractivity contribution < 1.29 is 24.2 Å². The van der Waals surface area contributed by atoms with Crippen LogP contribution in [-0.4, -0.2) is 65.2 Å². The molecule has 0 aliphatic carbocycles. The third kappa shape index (κ3) is 5.61. The maximum atomic E-state index is 11.7. The van der Waals surface area contributed by atoms with E-state index in [-0.39, 0.29) is 18.9 Å². The van der Waals surface area contributed by atoms with E-state index in [0.29, 0.717) is 19.5 Å². The van der Waals surface area contributed by atoms with Gasteiger partial charge in [-0.15, -0.1) is 0 Å². The Labute approximate surface area is 124 Å². The van der Waals surface area contributed by atoms with Gasteiger partial charge >= 0.3 is 12.1 Å². The van der Waals surface area contributed by atoms with Gasteiger partial charge in [0.1, 0.15) is 5.60 Å². The molecule has 1 saturated heterocycles. The highest BCUT2D eigenvalue weighted by molar-refractivity contribution is 5.86. The summed E-state index contributed by atoms with van der Waals surface area (Å²) in [6, 6.07) is 0. The van der Waals surface area contributed by atoms with Crippen LogP contribution in [0.25, 0.3) is 0 Å². The molecule has 0 spiro atoms. The minimum Gasteiger partial charge on any atom is -0.481 e. The van der Waals surface area contributed by atoms with Crippen LogP contribution in [0.1, 0.15) is 33.6 Å². The van der Waals surface area contributed by atoms with Crippen molar-refractivity contribution in [1.29, 1.82) is 0 Å². The molecule has 1 unspecified atom stereocenters. The molecule has 1 N–H and O–H groups in total. The quantitative estimate of drug-likeness (QED) is 0.823. The molecule has 0 radical (unpaired) electrons. The molecular weight excluding hydrogens is 276 g/mol. The van der Waals surface area contributed by atoms with Crippen LogP contribution in [0.15, 0.2) is 0 Å². The molecule has 0 saturated carbocycles. The number of hydrogen-bond donors (Lipinski definition) is 1. The van der Waals surface area contributed by atoms with Gasteiger partial charge in [-0.3, -0.25) is 9.59 Å². The number of aliphatic carboxylic acids is 1. The number of rotatable bonds is 5. The molecule has 7 nitrogen and oxygen atoms in total. The first kappa shape index (κ1) is 17.3. The van der Waals surface area contributed by atoms with Crippen LogP contribution in [0, 0.1) is 5.92 Å². The molecule has 1 fully saturated rings. The van der Waals surface area contributed by atoms with E-state index in [1.807, 2.05) is 0 Å². The highest BCUT2D eigenvalue weighted by atomic mass is 16.6. The minimum atomic E-state index is -0.934. The SMILES string of the molecule is CN(CCCN1CC(C(=O)O)CC1=O)C(=O)OC(C)(C)C. The number of likely N-dealkylation sites (tertiary alicyclic amines) is 1. The van der Waals surface area contributed by atoms with Crippen LogP contribution in [0.3, 0.4) is 0 Å². The Morgan fingerprint density at radius 3 is 2.52 bits per heavy atom. The largest absolute Gasteiger partial charge is 0.481 e. The molecule has 1 rings (SSSR count). The molecule has 1 heterocycles. The lowest BCUT2D eigenvalue weighted by atomic mass is 10.1. The zero-order valence-corrected chi connectivity index (χ0v) is 13.1. The first-order valence-corrected chi connectivity index (χ1v) is 7.05. The number of carboxylic acid groups (broad SMARTS) is 1. The number of hydrogen-bond acceptors (Lipinski definition) is 4. The third-order valence-electron chi connectivity index (χ3n) is 3.19. The lowest BCUT2D eigenvalue weighted by molar-refractivity contribution is -0.141. The zero-order valence-electron chi connectivity index (χ0n) is 13.1. The van der Waals surface area contributed by atoms with Gasteiger partial charge in [0.05, 0.1) is 5.92 Å². The number of ether oxygens (including phenoxy) is 1. The van der Waals surface area contributed by atoms with Crippen molar-refractivity contribution in [1.82, 2.24) is 9.80 Å². The van der Waals surface area contributed by atoms with Gasteiger partial charge < -0.3 is 19.6 Å². The van der Waals surface area contributed by atoms with Gasteiger partial charge in [0.25, 0.3) is 0 Å². The van der Waals surface area contributed by atoms with Gasteiger partial charge in [-0.1, -0.05) is 0 Å². The van der Waals surface area contributed by atoms with Gasteiger partial charge in [0.2, 0.25) is 5.91 Å². The normalized spacial score (nSPS) is 18.8. The predicted octanol–water partition coefficient (Wildman–Crippen LogP) is 1.18. The Kier molecular flexibility index (Phi) is 5.57. The summed E-state index contributed by atoms with van der Waals surface area (Å²) < 4.78 is 5.22. The number of nitrogens with zero attached hydrogens (tertiary/aromatic N) is 2. The van der Waals surface area contributed by atoms with Gasteiger partial charge in [0.15, 0.2) is 0 Å². The van der Waals surface area contributed by atoms with E-state index in [9.17, 15) is 14.4 Å². The van der Waals surface area contributed by atoms with Crippen molar-refractivity contribution in [2.75, 3.05) is 26.7 Å². The van der Waals surface area contributed by atoms with Gasteiger partial charge in [-0.05, 0) is 27.2 Å². The number of carboxylic acids is 1. The molecule has 2 amide bonds. The second-order valence-electron chi connectivity index (χ2n) is 6.33. The average Bonchev–Trinajstić information content (AvgIpc) is 2.69. The Balaban J connectivity index is 2.32. The Bertz CT molecular complexity index is 416. The maximum absolute atomic E-state index is 11.7. The topological polar surface area (TPSA) is 87.2 Å². The fraction of sp³-hybridized carbons (Fsp3) is 0.786. The van der Waals surface area contributed by atoms with E-state index in [4.69, 9.17) is 9.84 Å². The molecule has 0 aromatic rings. The lowest BCUT2D eigenvalue weighted by Crippen LogP contribution is -2.36. The summed E-state index contributed by atoms with van der Waals surface area (Å²) in [5.41, 5.74) is -0.537. The summed E-state index contributed by atoms with van der Waals surface area (Å²) in [5, 5.41) is 8.90. The van der Waals surface area contributed by atoms with Crippen LogP contribution in [-0.2, 0) is 14.3 Å². The highest BCUT2D eigenvalue weighted by Crippen LogP contribution is 2.18. The first-order chi connectivity index (χ1) is 9.60. The van der Waals surface area contributed by atoms with Crippen LogP contribution in [0.2, 0.25) is 0 Å². The van der Waals surface area contributed by atoms with E-state index < -0.39 is 23.6 Å². The van der Waals surface area contributed by atoms with Crippen LogP contribution >= 0.6 is 0 Å². The van der Waals surface area contributed by atoms with Crippen LogP contribution in [0.5, 0.6) is 0 Å². The molecule has 0 bridgehead atoms. The summed E-state index contributed by atoms with van der Waals surface area (Å²) in [7, 11) is 1.64. The van der Waals surface area contributed by atoms with Crippen LogP contribution in [0.4, 0.5) is 4.79 Å². The fourth-order valence-electron chi connectivity index (χ4n) is 2.08. The van der Waals surface area contributed by atoms with E-state index in [1.54, 1.807) is 32.7 Å². The van der Waals surface area contributed by atoms with E-state index in [0.717, 1.165) is 0 Å². The molecule has 1 aliphatic heterocycles. The third-order valence-corrected chi connectivity index (χ3v) is 3.19. The van der Waals surface area contributed by atoms with Crippen molar-refractivity contribution in [3.8, 4) is 0 Å². The molecule has 0 aromatic heterocycles. The summed E-state index contributed by atoms with van der Waals surface area (Å²) >= 11 is 0. The minimum absolute atomic E-state index is 0.0667. The van der Waals surface area contributed by atoms with Crippen molar-refractivity contribution in [2.24, 2.45) is 5.92 Å². The molecular formula is C14H24N2O5. The van der Waals surface area contributed by atoms with Gasteiger partial charge in [-0.2, -0.15) is 0 Å². The number of carbonyl (C=O) groups excluding carboxylic acids is 2. The van der Waals surface area contributed by atoms with Crippen molar-refractivity contribution in [3.63, 3.8) is 0 Å². The number of amides is 2. The molecule has 21 heavy (non-hydrogen) atoms. The molecule has 1 atom stereocenters. The fourth-order valence-corrected chi connectivity index (χ4v) is 2.08. The lowest BCUT2D eigenvalue weighted by Gasteiger charge is -2.25. The standard InChI is InChI=1S/C14H24N2O5/c1-14(2,3)21-13(20)15(4)6-5-7-16-9-10(12(18)19)8-11(16)17/h10H,5-9H2,1-4H3,(H,18,19). The highest BCUT2D eigenvalue weighted by Gasteiger charge is 2.33. The smallest absolute Gasteiger partial charge is 0.410 e. The maximum Gasteiger partial charge on any atom is 0.410 e.